The van der Waals surface area contributed by atoms with Gasteiger partial charge in [0.2, 0.25) is 0 Å². The van der Waals surface area contributed by atoms with Crippen LogP contribution in [0.4, 0.5) is 0 Å². The van der Waals surface area contributed by atoms with Crippen molar-refractivity contribution < 1.29 is 0 Å². The van der Waals surface area contributed by atoms with Crippen molar-refractivity contribution in [3.8, 4) is 17.1 Å². The summed E-state index contributed by atoms with van der Waals surface area (Å²) in [7, 11) is 0. The SMILES string of the molecule is Cc1ccc(-c2nnc(SCc3ccc(Br)cc3)n2-c2ccc(C)cc2)cc1. The molecule has 28 heavy (non-hydrogen) atoms. The van der Waals surface area contributed by atoms with E-state index in [1.165, 1.54) is 16.7 Å². The molecule has 3 aromatic carbocycles. The number of nitrogens with zero attached hydrogens (tertiary/aromatic N) is 3. The van der Waals surface area contributed by atoms with Crippen molar-refractivity contribution in [1.29, 1.82) is 0 Å². The predicted octanol–water partition coefficient (Wildman–Crippen LogP) is 6.61. The number of benzene rings is 3. The third-order valence-corrected chi connectivity index (χ3v) is 6.05. The summed E-state index contributed by atoms with van der Waals surface area (Å²) < 4.78 is 3.24. The Morgan fingerprint density at radius 3 is 2.04 bits per heavy atom. The Balaban J connectivity index is 1.72. The van der Waals surface area contributed by atoms with Gasteiger partial charge in [0.05, 0.1) is 0 Å². The van der Waals surface area contributed by atoms with Gasteiger partial charge in [-0.25, -0.2) is 0 Å². The Kier molecular flexibility index (Phi) is 5.64. The fourth-order valence-corrected chi connectivity index (χ4v) is 4.08. The number of aromatic nitrogens is 3. The molecule has 0 bridgehead atoms. The fourth-order valence-electron chi connectivity index (χ4n) is 2.91. The largest absolute Gasteiger partial charge is 0.270 e. The molecular weight excluding hydrogens is 430 g/mol. The maximum Gasteiger partial charge on any atom is 0.196 e. The first-order chi connectivity index (χ1) is 13.6. The first-order valence-corrected chi connectivity index (χ1v) is 10.8. The molecule has 0 aliphatic rings. The van der Waals surface area contributed by atoms with Crippen molar-refractivity contribution in [3.63, 3.8) is 0 Å². The highest BCUT2D eigenvalue weighted by Crippen LogP contribution is 2.30. The van der Waals surface area contributed by atoms with Crippen LogP contribution in [0, 0.1) is 13.8 Å². The summed E-state index contributed by atoms with van der Waals surface area (Å²) in [6, 6.07) is 25.3. The molecule has 0 atom stereocenters. The second kappa shape index (κ2) is 8.33. The summed E-state index contributed by atoms with van der Waals surface area (Å²) in [6.07, 6.45) is 0. The van der Waals surface area contributed by atoms with E-state index in [0.29, 0.717) is 0 Å². The third kappa shape index (κ3) is 4.21. The fraction of sp³-hybridized carbons (Fsp3) is 0.130. The molecule has 4 rings (SSSR count). The summed E-state index contributed by atoms with van der Waals surface area (Å²) in [5, 5.41) is 9.93. The van der Waals surface area contributed by atoms with Crippen molar-refractivity contribution in [2.24, 2.45) is 0 Å². The molecule has 0 saturated heterocycles. The average molecular weight is 450 g/mol. The van der Waals surface area contributed by atoms with E-state index in [0.717, 1.165) is 32.5 Å². The van der Waals surface area contributed by atoms with Gasteiger partial charge in [-0.05, 0) is 43.7 Å². The highest BCUT2D eigenvalue weighted by atomic mass is 79.9. The van der Waals surface area contributed by atoms with E-state index in [1.807, 2.05) is 0 Å². The topological polar surface area (TPSA) is 30.7 Å². The van der Waals surface area contributed by atoms with E-state index in [4.69, 9.17) is 0 Å². The lowest BCUT2D eigenvalue weighted by atomic mass is 10.1. The van der Waals surface area contributed by atoms with Crippen molar-refractivity contribution in [1.82, 2.24) is 14.8 Å². The van der Waals surface area contributed by atoms with Gasteiger partial charge < -0.3 is 0 Å². The molecule has 0 aliphatic heterocycles. The molecule has 0 N–H and O–H groups in total. The summed E-state index contributed by atoms with van der Waals surface area (Å²) in [4.78, 5) is 0. The molecule has 0 aliphatic carbocycles. The van der Waals surface area contributed by atoms with Crippen molar-refractivity contribution in [2.45, 2.75) is 24.8 Å². The van der Waals surface area contributed by atoms with Crippen molar-refractivity contribution in [3.05, 3.63) is 94.0 Å². The lowest BCUT2D eigenvalue weighted by molar-refractivity contribution is 0.885. The second-order valence-electron chi connectivity index (χ2n) is 6.76. The molecule has 1 aromatic heterocycles. The molecule has 0 amide bonds. The van der Waals surface area contributed by atoms with E-state index in [1.54, 1.807) is 11.8 Å². The van der Waals surface area contributed by atoms with Gasteiger partial charge in [-0.15, -0.1) is 10.2 Å². The molecule has 140 valence electrons. The Morgan fingerprint density at radius 1 is 0.786 bits per heavy atom. The van der Waals surface area contributed by atoms with Crippen LogP contribution in [0.5, 0.6) is 0 Å². The van der Waals surface area contributed by atoms with E-state index >= 15 is 0 Å². The van der Waals surface area contributed by atoms with Gasteiger partial charge in [0, 0.05) is 21.5 Å². The number of rotatable bonds is 5. The van der Waals surface area contributed by atoms with Crippen LogP contribution >= 0.6 is 27.7 Å². The smallest absolute Gasteiger partial charge is 0.196 e. The number of hydrogen-bond acceptors (Lipinski definition) is 3. The van der Waals surface area contributed by atoms with Gasteiger partial charge in [0.15, 0.2) is 11.0 Å². The molecule has 0 saturated carbocycles. The molecule has 1 heterocycles. The van der Waals surface area contributed by atoms with Crippen molar-refractivity contribution in [2.75, 3.05) is 0 Å². The quantitative estimate of drug-likeness (QED) is 0.321. The van der Waals surface area contributed by atoms with Crippen LogP contribution in [-0.2, 0) is 5.75 Å². The summed E-state index contributed by atoms with van der Waals surface area (Å²) in [5.74, 6) is 1.70. The van der Waals surface area contributed by atoms with Gasteiger partial charge in [-0.3, -0.25) is 4.57 Å². The van der Waals surface area contributed by atoms with Crippen LogP contribution in [0.3, 0.4) is 0 Å². The van der Waals surface area contributed by atoms with Crippen LogP contribution in [0.15, 0.2) is 82.4 Å². The van der Waals surface area contributed by atoms with Crippen LogP contribution < -0.4 is 0 Å². The zero-order valence-corrected chi connectivity index (χ0v) is 18.2. The van der Waals surface area contributed by atoms with Gasteiger partial charge in [-0.2, -0.15) is 0 Å². The monoisotopic (exact) mass is 449 g/mol. The maximum atomic E-state index is 4.53. The normalized spacial score (nSPS) is 11.0. The Morgan fingerprint density at radius 2 is 1.39 bits per heavy atom. The van der Waals surface area contributed by atoms with E-state index in [-0.39, 0.29) is 0 Å². The molecular formula is C23H20BrN3S. The Hall–Kier alpha value is -2.37. The molecule has 0 unspecified atom stereocenters. The summed E-state index contributed by atoms with van der Waals surface area (Å²) >= 11 is 5.19. The first-order valence-electron chi connectivity index (χ1n) is 9.07. The highest BCUT2D eigenvalue weighted by Gasteiger charge is 2.16. The lowest BCUT2D eigenvalue weighted by Crippen LogP contribution is -2.00. The molecule has 4 aromatic rings. The van der Waals surface area contributed by atoms with Crippen LogP contribution in [0.25, 0.3) is 17.1 Å². The van der Waals surface area contributed by atoms with Gasteiger partial charge >= 0.3 is 0 Å². The number of aryl methyl sites for hydroxylation is 2. The average Bonchev–Trinajstić information content (AvgIpc) is 3.13. The third-order valence-electron chi connectivity index (χ3n) is 4.52. The van der Waals surface area contributed by atoms with Crippen LogP contribution in [0.2, 0.25) is 0 Å². The van der Waals surface area contributed by atoms with Crippen LogP contribution in [-0.4, -0.2) is 14.8 Å². The molecule has 0 spiro atoms. The molecule has 0 radical (unpaired) electrons. The van der Waals surface area contributed by atoms with Crippen molar-refractivity contribution >= 4 is 27.7 Å². The summed E-state index contributed by atoms with van der Waals surface area (Å²) in [6.45, 7) is 4.19. The van der Waals surface area contributed by atoms with E-state index in [2.05, 4.69) is 117 Å². The summed E-state index contributed by atoms with van der Waals surface area (Å²) in [5.41, 5.74) is 5.86. The zero-order valence-electron chi connectivity index (χ0n) is 15.8. The van der Waals surface area contributed by atoms with Gasteiger partial charge in [0.25, 0.3) is 0 Å². The molecule has 3 nitrogen and oxygen atoms in total. The number of hydrogen-bond donors (Lipinski definition) is 0. The first kappa shape index (κ1) is 19.0. The lowest BCUT2D eigenvalue weighted by Gasteiger charge is -2.11. The number of halogens is 1. The van der Waals surface area contributed by atoms with E-state index in [9.17, 15) is 0 Å². The minimum Gasteiger partial charge on any atom is -0.270 e. The van der Waals surface area contributed by atoms with E-state index < -0.39 is 0 Å². The number of thioether (sulfide) groups is 1. The molecule has 0 fully saturated rings. The highest BCUT2D eigenvalue weighted by molar-refractivity contribution is 9.10. The van der Waals surface area contributed by atoms with Gasteiger partial charge in [-0.1, -0.05) is 87.3 Å². The minimum absolute atomic E-state index is 0.838. The zero-order chi connectivity index (χ0) is 19.5. The minimum atomic E-state index is 0.838. The van der Waals surface area contributed by atoms with Gasteiger partial charge in [0.1, 0.15) is 0 Å². The Labute approximate surface area is 178 Å². The Bertz CT molecular complexity index is 1070. The van der Waals surface area contributed by atoms with Crippen LogP contribution in [0.1, 0.15) is 16.7 Å². The second-order valence-corrected chi connectivity index (χ2v) is 8.62. The standard InChI is InChI=1S/C23H20BrN3S/c1-16-3-9-19(10-4-16)22-25-26-23(27(22)21-13-5-17(2)6-14-21)28-15-18-7-11-20(24)12-8-18/h3-14H,15H2,1-2H3. The maximum absolute atomic E-state index is 4.53. The predicted molar refractivity (Wildman–Crippen MR) is 120 cm³/mol. The molecule has 5 heteroatoms.